The van der Waals surface area contributed by atoms with Crippen molar-refractivity contribution in [2.45, 2.75) is 25.3 Å². The molecule has 2 aliphatic heterocycles. The van der Waals surface area contributed by atoms with Crippen molar-refractivity contribution in [3.8, 4) is 0 Å². The number of carbonyl (C=O) groups is 2. The maximum absolute atomic E-state index is 12.8. The Morgan fingerprint density at radius 1 is 1.09 bits per heavy atom. The minimum atomic E-state index is 0.0181. The van der Waals surface area contributed by atoms with Gasteiger partial charge in [0.05, 0.1) is 6.04 Å². The summed E-state index contributed by atoms with van der Waals surface area (Å²) in [5, 5.41) is 0. The van der Waals surface area contributed by atoms with Crippen molar-refractivity contribution in [3.63, 3.8) is 0 Å². The highest BCUT2D eigenvalue weighted by molar-refractivity contribution is 5.81. The number of methoxy groups -OCH3 is 1. The first-order chi connectivity index (χ1) is 11.2. The number of carbonyl (C=O) groups excluding carboxylic acids is 2. The van der Waals surface area contributed by atoms with Gasteiger partial charge in [-0.05, 0) is 24.8 Å². The Hall–Kier alpha value is -1.88. The van der Waals surface area contributed by atoms with Crippen LogP contribution >= 0.6 is 0 Å². The number of piperidine rings is 1. The van der Waals surface area contributed by atoms with Gasteiger partial charge in [-0.2, -0.15) is 0 Å². The van der Waals surface area contributed by atoms with Crippen LogP contribution in [0.3, 0.4) is 0 Å². The van der Waals surface area contributed by atoms with E-state index in [9.17, 15) is 9.59 Å². The highest BCUT2D eigenvalue weighted by atomic mass is 16.5. The van der Waals surface area contributed by atoms with Gasteiger partial charge >= 0.3 is 0 Å². The highest BCUT2D eigenvalue weighted by Crippen LogP contribution is 2.35. The Morgan fingerprint density at radius 2 is 1.78 bits per heavy atom. The Balaban J connectivity index is 1.55. The van der Waals surface area contributed by atoms with E-state index in [1.54, 1.807) is 4.90 Å². The van der Waals surface area contributed by atoms with E-state index in [-0.39, 0.29) is 30.4 Å². The minimum Gasteiger partial charge on any atom is -0.375 e. The second-order valence-corrected chi connectivity index (χ2v) is 6.33. The molecular formula is C18H24N2O3. The van der Waals surface area contributed by atoms with Gasteiger partial charge in [0.15, 0.2) is 0 Å². The predicted octanol–water partition coefficient (Wildman–Crippen LogP) is 1.84. The number of likely N-dealkylation sites (tertiary alicyclic amines) is 2. The zero-order valence-corrected chi connectivity index (χ0v) is 13.6. The first-order valence-electron chi connectivity index (χ1n) is 8.33. The molecule has 0 saturated carbocycles. The zero-order valence-electron chi connectivity index (χ0n) is 13.6. The molecule has 1 aromatic rings. The smallest absolute Gasteiger partial charge is 0.248 e. The fraction of sp³-hybridized carbons (Fsp3) is 0.556. The summed E-state index contributed by atoms with van der Waals surface area (Å²) < 4.78 is 4.89. The number of benzene rings is 1. The van der Waals surface area contributed by atoms with E-state index < -0.39 is 0 Å². The van der Waals surface area contributed by atoms with Crippen LogP contribution in [0, 0.1) is 5.92 Å². The summed E-state index contributed by atoms with van der Waals surface area (Å²) in [5.74, 6) is 0.321. The summed E-state index contributed by atoms with van der Waals surface area (Å²) in [6.07, 6.45) is 2.56. The SMILES string of the molecule is COCC(=O)N1CCC(C(=O)N2CC[C@H]2c2ccccc2)CC1. The van der Waals surface area contributed by atoms with Crippen LogP contribution in [0.1, 0.15) is 30.9 Å². The summed E-state index contributed by atoms with van der Waals surface area (Å²) >= 11 is 0. The monoisotopic (exact) mass is 316 g/mol. The van der Waals surface area contributed by atoms with E-state index in [4.69, 9.17) is 4.74 Å². The average molecular weight is 316 g/mol. The van der Waals surface area contributed by atoms with Crippen LogP contribution in [-0.4, -0.2) is 55.0 Å². The molecule has 1 aromatic carbocycles. The molecule has 124 valence electrons. The van der Waals surface area contributed by atoms with Gasteiger partial charge in [-0.1, -0.05) is 30.3 Å². The van der Waals surface area contributed by atoms with Crippen LogP contribution in [0.2, 0.25) is 0 Å². The van der Waals surface area contributed by atoms with E-state index in [0.717, 1.165) is 25.8 Å². The van der Waals surface area contributed by atoms with E-state index >= 15 is 0 Å². The molecule has 2 heterocycles. The normalized spacial score (nSPS) is 21.9. The Bertz CT molecular complexity index is 553. The molecule has 0 radical (unpaired) electrons. The van der Waals surface area contributed by atoms with Crippen LogP contribution in [-0.2, 0) is 14.3 Å². The summed E-state index contributed by atoms with van der Waals surface area (Å²) in [5.41, 5.74) is 1.22. The third-order valence-corrected chi connectivity index (χ3v) is 4.95. The molecule has 3 rings (SSSR count). The van der Waals surface area contributed by atoms with Gasteiger partial charge < -0.3 is 14.5 Å². The fourth-order valence-electron chi connectivity index (χ4n) is 3.50. The van der Waals surface area contributed by atoms with Crippen LogP contribution in [0.25, 0.3) is 0 Å². The lowest BCUT2D eigenvalue weighted by molar-refractivity contribution is -0.148. The topological polar surface area (TPSA) is 49.9 Å². The number of nitrogens with zero attached hydrogens (tertiary/aromatic N) is 2. The molecule has 5 heteroatoms. The molecule has 2 fully saturated rings. The third-order valence-electron chi connectivity index (χ3n) is 4.95. The molecule has 0 N–H and O–H groups in total. The predicted molar refractivity (Wildman–Crippen MR) is 86.7 cm³/mol. The van der Waals surface area contributed by atoms with E-state index in [2.05, 4.69) is 12.1 Å². The molecule has 0 spiro atoms. The molecule has 2 saturated heterocycles. The lowest BCUT2D eigenvalue weighted by Crippen LogP contribution is -2.50. The first kappa shape index (κ1) is 16.0. The second kappa shape index (κ2) is 7.13. The van der Waals surface area contributed by atoms with Crippen LogP contribution < -0.4 is 0 Å². The standard InChI is InChI=1S/C18H24N2O3/c1-23-13-17(21)19-10-7-15(8-11-19)18(22)20-12-9-16(20)14-5-3-2-4-6-14/h2-6,15-16H,7-13H2,1H3/t16-/m0/s1. The van der Waals surface area contributed by atoms with Gasteiger partial charge in [0.25, 0.3) is 0 Å². The fourth-order valence-corrected chi connectivity index (χ4v) is 3.50. The molecule has 0 aliphatic carbocycles. The minimum absolute atomic E-state index is 0.0181. The number of amides is 2. The van der Waals surface area contributed by atoms with Gasteiger partial charge in [0.1, 0.15) is 6.61 Å². The Morgan fingerprint density at radius 3 is 2.35 bits per heavy atom. The summed E-state index contributed by atoms with van der Waals surface area (Å²) in [6.45, 7) is 2.28. The number of rotatable bonds is 4. The molecule has 2 amide bonds. The Labute approximate surface area is 137 Å². The van der Waals surface area contributed by atoms with Crippen molar-refractivity contribution >= 4 is 11.8 Å². The largest absolute Gasteiger partial charge is 0.375 e. The maximum atomic E-state index is 12.8. The van der Waals surface area contributed by atoms with Crippen LogP contribution in [0.15, 0.2) is 30.3 Å². The van der Waals surface area contributed by atoms with E-state index in [0.29, 0.717) is 13.1 Å². The highest BCUT2D eigenvalue weighted by Gasteiger charge is 2.38. The third kappa shape index (κ3) is 3.39. The molecule has 0 bridgehead atoms. The van der Waals surface area contributed by atoms with Crippen molar-refractivity contribution in [2.24, 2.45) is 5.92 Å². The molecule has 2 aliphatic rings. The van der Waals surface area contributed by atoms with Crippen molar-refractivity contribution in [2.75, 3.05) is 33.4 Å². The lowest BCUT2D eigenvalue weighted by Gasteiger charge is -2.44. The van der Waals surface area contributed by atoms with Crippen molar-refractivity contribution in [3.05, 3.63) is 35.9 Å². The molecule has 0 aromatic heterocycles. The average Bonchev–Trinajstić information content (AvgIpc) is 2.55. The molecule has 5 nitrogen and oxygen atoms in total. The van der Waals surface area contributed by atoms with Gasteiger partial charge in [0, 0.05) is 32.7 Å². The summed E-state index contributed by atoms with van der Waals surface area (Å²) in [6, 6.07) is 10.5. The van der Waals surface area contributed by atoms with Gasteiger partial charge in [-0.3, -0.25) is 9.59 Å². The van der Waals surface area contributed by atoms with Crippen molar-refractivity contribution in [1.82, 2.24) is 9.80 Å². The van der Waals surface area contributed by atoms with Crippen LogP contribution in [0.4, 0.5) is 0 Å². The number of hydrogen-bond acceptors (Lipinski definition) is 3. The summed E-state index contributed by atoms with van der Waals surface area (Å²) in [4.78, 5) is 28.4. The van der Waals surface area contributed by atoms with E-state index in [1.807, 2.05) is 23.1 Å². The number of ether oxygens (including phenoxy) is 1. The molecular weight excluding hydrogens is 292 g/mol. The molecule has 23 heavy (non-hydrogen) atoms. The van der Waals surface area contributed by atoms with E-state index in [1.165, 1.54) is 12.7 Å². The number of hydrogen-bond donors (Lipinski definition) is 0. The molecule has 1 atom stereocenters. The maximum Gasteiger partial charge on any atom is 0.248 e. The van der Waals surface area contributed by atoms with Gasteiger partial charge in [-0.25, -0.2) is 0 Å². The van der Waals surface area contributed by atoms with Gasteiger partial charge in [-0.15, -0.1) is 0 Å². The molecule has 0 unspecified atom stereocenters. The lowest BCUT2D eigenvalue weighted by atomic mass is 9.89. The summed E-state index contributed by atoms with van der Waals surface area (Å²) in [7, 11) is 1.53. The Kier molecular flexibility index (Phi) is 4.96. The second-order valence-electron chi connectivity index (χ2n) is 6.33. The van der Waals surface area contributed by atoms with Crippen molar-refractivity contribution < 1.29 is 14.3 Å². The first-order valence-corrected chi connectivity index (χ1v) is 8.33. The quantitative estimate of drug-likeness (QED) is 0.852. The zero-order chi connectivity index (χ0) is 16.2. The van der Waals surface area contributed by atoms with Crippen molar-refractivity contribution in [1.29, 1.82) is 0 Å². The van der Waals surface area contributed by atoms with Gasteiger partial charge in [0.2, 0.25) is 11.8 Å². The van der Waals surface area contributed by atoms with Crippen LogP contribution in [0.5, 0.6) is 0 Å².